The summed E-state index contributed by atoms with van der Waals surface area (Å²) in [5.41, 5.74) is 0.855. The van der Waals surface area contributed by atoms with E-state index in [0.29, 0.717) is 12.0 Å². The molecule has 1 saturated carbocycles. The Morgan fingerprint density at radius 3 is 3.06 bits per heavy atom. The molecule has 0 aliphatic heterocycles. The molecule has 0 spiro atoms. The van der Waals surface area contributed by atoms with Crippen molar-refractivity contribution in [1.29, 1.82) is 0 Å². The predicted octanol–water partition coefficient (Wildman–Crippen LogP) is 2.70. The van der Waals surface area contributed by atoms with Crippen LogP contribution in [0, 0.1) is 5.92 Å². The van der Waals surface area contributed by atoms with Crippen molar-refractivity contribution in [2.45, 2.75) is 25.8 Å². The zero-order valence-corrected chi connectivity index (χ0v) is 10.6. The first-order valence-electron chi connectivity index (χ1n) is 5.51. The lowest BCUT2D eigenvalue weighted by molar-refractivity contribution is 0.686. The highest BCUT2D eigenvalue weighted by Crippen LogP contribution is 2.33. The van der Waals surface area contributed by atoms with Gasteiger partial charge >= 0.3 is 0 Å². The molecule has 0 radical (unpaired) electrons. The van der Waals surface area contributed by atoms with Crippen molar-refractivity contribution < 1.29 is 0 Å². The summed E-state index contributed by atoms with van der Waals surface area (Å²) in [5, 5.41) is 7.74. The van der Waals surface area contributed by atoms with Crippen LogP contribution in [0.25, 0.3) is 5.65 Å². The zero-order valence-electron chi connectivity index (χ0n) is 9.02. The molecule has 0 aromatic carbocycles. The lowest BCUT2D eigenvalue weighted by Crippen LogP contribution is -2.18. The maximum Gasteiger partial charge on any atom is 0.243 e. The van der Waals surface area contributed by atoms with E-state index in [4.69, 9.17) is 0 Å². The molecule has 1 N–H and O–H groups in total. The minimum absolute atomic E-state index is 0.469. The van der Waals surface area contributed by atoms with Crippen molar-refractivity contribution in [3.05, 3.63) is 22.8 Å². The van der Waals surface area contributed by atoms with E-state index < -0.39 is 0 Å². The van der Waals surface area contributed by atoms with Crippen LogP contribution in [0.15, 0.2) is 22.8 Å². The molecule has 84 valence electrons. The molecule has 1 fully saturated rings. The van der Waals surface area contributed by atoms with Crippen molar-refractivity contribution in [1.82, 2.24) is 14.6 Å². The predicted molar refractivity (Wildman–Crippen MR) is 66.5 cm³/mol. The molecular formula is C11H13BrN4. The molecule has 0 saturated heterocycles. The number of fused-ring (bicyclic) bond motifs is 1. The van der Waals surface area contributed by atoms with Crippen LogP contribution in [0.1, 0.15) is 19.8 Å². The number of pyridine rings is 1. The van der Waals surface area contributed by atoms with Gasteiger partial charge in [-0.25, -0.2) is 4.52 Å². The average Bonchev–Trinajstić information content (AvgIpc) is 3.01. The summed E-state index contributed by atoms with van der Waals surface area (Å²) < 4.78 is 2.75. The molecule has 5 heteroatoms. The van der Waals surface area contributed by atoms with Crippen molar-refractivity contribution >= 4 is 27.5 Å². The molecule has 16 heavy (non-hydrogen) atoms. The Balaban J connectivity index is 1.89. The van der Waals surface area contributed by atoms with E-state index in [2.05, 4.69) is 38.3 Å². The summed E-state index contributed by atoms with van der Waals surface area (Å²) in [6.07, 6.45) is 4.55. The van der Waals surface area contributed by atoms with Crippen molar-refractivity contribution in [2.24, 2.45) is 5.92 Å². The third-order valence-electron chi connectivity index (χ3n) is 3.00. The summed E-state index contributed by atoms with van der Waals surface area (Å²) in [7, 11) is 0. The molecule has 2 heterocycles. The van der Waals surface area contributed by atoms with Gasteiger partial charge in [-0.2, -0.15) is 4.98 Å². The molecule has 3 rings (SSSR count). The normalized spacial score (nSPS) is 17.6. The molecule has 4 nitrogen and oxygen atoms in total. The van der Waals surface area contributed by atoms with Gasteiger partial charge in [0.2, 0.25) is 5.95 Å². The number of rotatable bonds is 3. The number of anilines is 1. The number of nitrogens with zero attached hydrogens (tertiary/aromatic N) is 3. The lowest BCUT2D eigenvalue weighted by atomic mass is 10.2. The summed E-state index contributed by atoms with van der Waals surface area (Å²) in [6.45, 7) is 2.19. The SMILES string of the molecule is CC(Nc1nc2c(Br)cccn2n1)C1CC1. The third kappa shape index (κ3) is 1.80. The summed E-state index contributed by atoms with van der Waals surface area (Å²) in [6, 6.07) is 4.38. The number of hydrogen-bond donors (Lipinski definition) is 1. The lowest BCUT2D eigenvalue weighted by Gasteiger charge is -2.09. The van der Waals surface area contributed by atoms with Gasteiger partial charge in [0.25, 0.3) is 0 Å². The molecule has 2 aromatic rings. The molecule has 0 bridgehead atoms. The zero-order chi connectivity index (χ0) is 11.1. The third-order valence-corrected chi connectivity index (χ3v) is 3.62. The molecule has 0 amide bonds. The first kappa shape index (κ1) is 10.1. The highest BCUT2D eigenvalue weighted by atomic mass is 79.9. The van der Waals surface area contributed by atoms with Gasteiger partial charge in [-0.3, -0.25) is 0 Å². The fraction of sp³-hybridized carbons (Fsp3) is 0.455. The van der Waals surface area contributed by atoms with Crippen LogP contribution in [0.3, 0.4) is 0 Å². The van der Waals surface area contributed by atoms with E-state index in [0.717, 1.165) is 16.0 Å². The van der Waals surface area contributed by atoms with Crippen molar-refractivity contribution in [2.75, 3.05) is 5.32 Å². The Morgan fingerprint density at radius 1 is 1.56 bits per heavy atom. The Morgan fingerprint density at radius 2 is 2.38 bits per heavy atom. The average molecular weight is 281 g/mol. The summed E-state index contributed by atoms with van der Waals surface area (Å²) in [5.74, 6) is 1.52. The van der Waals surface area contributed by atoms with Crippen LogP contribution in [-0.4, -0.2) is 20.6 Å². The number of aromatic nitrogens is 3. The second-order valence-corrected chi connectivity index (χ2v) is 5.18. The number of hydrogen-bond acceptors (Lipinski definition) is 3. The van der Waals surface area contributed by atoms with Gasteiger partial charge in [0.15, 0.2) is 5.65 Å². The van der Waals surface area contributed by atoms with Crippen molar-refractivity contribution in [3.8, 4) is 0 Å². The van der Waals surface area contributed by atoms with Gasteiger partial charge < -0.3 is 5.32 Å². The van der Waals surface area contributed by atoms with Gasteiger partial charge in [-0.05, 0) is 53.7 Å². The van der Waals surface area contributed by atoms with Crippen LogP contribution in [0.4, 0.5) is 5.95 Å². The first-order chi connectivity index (χ1) is 7.74. The van der Waals surface area contributed by atoms with Crippen LogP contribution in [0.5, 0.6) is 0 Å². The second kappa shape index (κ2) is 3.73. The van der Waals surface area contributed by atoms with Gasteiger partial charge in [0.1, 0.15) is 0 Å². The van der Waals surface area contributed by atoms with Gasteiger partial charge in [-0.1, -0.05) is 0 Å². The molecule has 1 aliphatic rings. The van der Waals surface area contributed by atoms with E-state index in [1.54, 1.807) is 4.52 Å². The highest BCUT2D eigenvalue weighted by molar-refractivity contribution is 9.10. The highest BCUT2D eigenvalue weighted by Gasteiger charge is 2.28. The maximum atomic E-state index is 4.46. The second-order valence-electron chi connectivity index (χ2n) is 4.33. The number of halogens is 1. The van der Waals surface area contributed by atoms with Gasteiger partial charge in [-0.15, -0.1) is 5.10 Å². The number of nitrogens with one attached hydrogen (secondary N) is 1. The standard InChI is InChI=1S/C11H13BrN4/c1-7(8-4-5-8)13-11-14-10-9(12)3-2-6-16(10)15-11/h2-3,6-8H,4-5H2,1H3,(H,13,15). The van der Waals surface area contributed by atoms with E-state index in [-0.39, 0.29) is 0 Å². The fourth-order valence-corrected chi connectivity index (χ4v) is 2.28. The van der Waals surface area contributed by atoms with E-state index in [1.807, 2.05) is 18.3 Å². The quantitative estimate of drug-likeness (QED) is 0.940. The molecule has 1 atom stereocenters. The minimum Gasteiger partial charge on any atom is -0.350 e. The van der Waals surface area contributed by atoms with Gasteiger partial charge in [0.05, 0.1) is 4.47 Å². The summed E-state index contributed by atoms with van der Waals surface area (Å²) >= 11 is 3.47. The summed E-state index contributed by atoms with van der Waals surface area (Å²) in [4.78, 5) is 4.46. The monoisotopic (exact) mass is 280 g/mol. The van der Waals surface area contributed by atoms with E-state index in [9.17, 15) is 0 Å². The fourth-order valence-electron chi connectivity index (χ4n) is 1.85. The minimum atomic E-state index is 0.469. The topological polar surface area (TPSA) is 42.2 Å². The van der Waals surface area contributed by atoms with Crippen LogP contribution in [0.2, 0.25) is 0 Å². The Hall–Kier alpha value is -1.10. The van der Waals surface area contributed by atoms with Crippen LogP contribution >= 0.6 is 15.9 Å². The Kier molecular flexibility index (Phi) is 2.35. The Labute approximate surface area is 102 Å². The van der Waals surface area contributed by atoms with E-state index >= 15 is 0 Å². The molecule has 1 unspecified atom stereocenters. The van der Waals surface area contributed by atoms with Crippen LogP contribution in [-0.2, 0) is 0 Å². The van der Waals surface area contributed by atoms with Crippen LogP contribution < -0.4 is 5.32 Å². The molecule has 1 aliphatic carbocycles. The largest absolute Gasteiger partial charge is 0.350 e. The molecule has 2 aromatic heterocycles. The van der Waals surface area contributed by atoms with Crippen molar-refractivity contribution in [3.63, 3.8) is 0 Å². The molecular weight excluding hydrogens is 268 g/mol. The smallest absolute Gasteiger partial charge is 0.243 e. The first-order valence-corrected chi connectivity index (χ1v) is 6.31. The maximum absolute atomic E-state index is 4.46. The Bertz CT molecular complexity index is 518. The van der Waals surface area contributed by atoms with E-state index in [1.165, 1.54) is 12.8 Å². The van der Waals surface area contributed by atoms with Gasteiger partial charge in [0, 0.05) is 12.2 Å².